The van der Waals surface area contributed by atoms with Crippen molar-refractivity contribution in [1.29, 1.82) is 0 Å². The third-order valence-electron chi connectivity index (χ3n) is 19.6. The van der Waals surface area contributed by atoms with Crippen molar-refractivity contribution in [2.75, 3.05) is 50.9 Å². The van der Waals surface area contributed by atoms with Crippen molar-refractivity contribution in [3.8, 4) is 0 Å². The number of rotatable bonds is 78. The summed E-state index contributed by atoms with van der Waals surface area (Å²) in [6.07, 6.45) is 48.7. The number of aliphatic hydroxyl groups excluding tert-OH is 1. The van der Waals surface area contributed by atoms with Gasteiger partial charge in [0.25, 0.3) is 0 Å². The van der Waals surface area contributed by atoms with E-state index < -0.39 is 96.3 Å². The number of nitrogens with one attached hydrogen (secondary N) is 6. The Morgan fingerprint density at radius 3 is 0.898 bits per heavy atom. The zero-order valence-corrected chi connectivity index (χ0v) is 71.0. The number of nitrogens with two attached hydrogens (primary N) is 4. The van der Waals surface area contributed by atoms with Gasteiger partial charge in [0.15, 0.2) is 0 Å². The summed E-state index contributed by atoms with van der Waals surface area (Å²) in [5.41, 5.74) is 23.1. The summed E-state index contributed by atoms with van der Waals surface area (Å²) in [5.74, 6) is -6.35. The second-order valence-corrected chi connectivity index (χ2v) is 30.5. The lowest BCUT2D eigenvalue weighted by Crippen LogP contribution is -2.60. The Morgan fingerprint density at radius 1 is 0.315 bits per heavy atom. The molecule has 0 aromatic rings. The molecule has 0 aliphatic carbocycles. The highest BCUT2D eigenvalue weighted by molar-refractivity contribution is 7.99. The molecule has 7 unspecified atom stereocenters. The highest BCUT2D eigenvalue weighted by Gasteiger charge is 2.34. The molecule has 23 nitrogen and oxygen atoms in total. The van der Waals surface area contributed by atoms with Gasteiger partial charge in [-0.25, -0.2) is 4.79 Å². The van der Waals surface area contributed by atoms with E-state index >= 15 is 0 Å². The first-order chi connectivity index (χ1) is 51.0. The highest BCUT2D eigenvalue weighted by atomic mass is 35.5. The SMILES string of the molecule is CCCCCCCCCCCCCCCC(=O)NC(CSCC(COC(=O)CCCCCCCCCCCCCCC)OC(=O)CCCCCCCCCCCCCCC)C(=O)NC(CO)C(=O)NC(CCCCN)C(=O)NC(CCCCN)C(=O)NC(CCCCN)C(=O)NC(CCCCN)C(=O)O.Cl.Cl.Cl. The van der Waals surface area contributed by atoms with Crippen LogP contribution >= 0.6 is 49.0 Å². The third kappa shape index (κ3) is 65.8. The van der Waals surface area contributed by atoms with Crippen LogP contribution in [-0.4, -0.2) is 157 Å². The quantitative estimate of drug-likeness (QED) is 0.0199. The number of carboxylic acid groups (broad SMARTS) is 1. The number of carbonyl (C=O) groups excluding carboxylic acids is 8. The maximum Gasteiger partial charge on any atom is 0.326 e. The summed E-state index contributed by atoms with van der Waals surface area (Å²) < 4.78 is 11.8. The van der Waals surface area contributed by atoms with Gasteiger partial charge in [0, 0.05) is 30.8 Å². The molecule has 0 fully saturated rings. The number of aliphatic carboxylic acids is 1. The highest BCUT2D eigenvalue weighted by Crippen LogP contribution is 2.20. The second-order valence-electron chi connectivity index (χ2n) is 29.4. The maximum absolute atomic E-state index is 14.5. The number of hydrogen-bond acceptors (Lipinski definition) is 17. The molecule has 0 bridgehead atoms. The van der Waals surface area contributed by atoms with Gasteiger partial charge in [-0.1, -0.05) is 252 Å². The van der Waals surface area contributed by atoms with E-state index in [0.717, 1.165) is 64.2 Å². The molecule has 638 valence electrons. The molecule has 0 heterocycles. The molecule has 0 aromatic carbocycles. The fourth-order valence-corrected chi connectivity index (χ4v) is 13.9. The summed E-state index contributed by atoms with van der Waals surface area (Å²) in [5, 5.41) is 36.9. The standard InChI is InChI=1S/C81H156N10O13S.3ClH/c1-4-7-10-13-16-19-22-25-28-31-34-37-40-55-73(93)86-72(65-105-64-66(104-75(95)57-42-39-36-33-30-27-24-21-18-15-12-9-6-3)63-103-74(94)56-41-38-35-32-29-26-23-20-17-14-11-8-5-2)80(100)91-71(62-92)79(99)89-68(52-44-48-59-83)77(97)87-67(51-43-47-58-82)76(96)88-69(53-45-49-60-84)78(98)90-70(81(101)102)54-46-50-61-85;;;/h66-72,92H,4-65,82-85H2,1-3H3,(H,86,93)(H,87,97)(H,88,96)(H,89,99)(H,90,98)(H,91,100)(H,101,102);3*1H. The molecule has 108 heavy (non-hydrogen) atoms. The first-order valence-electron chi connectivity index (χ1n) is 42.4. The van der Waals surface area contributed by atoms with E-state index in [4.69, 9.17) is 32.4 Å². The van der Waals surface area contributed by atoms with Gasteiger partial charge in [-0.15, -0.1) is 37.2 Å². The maximum atomic E-state index is 14.5. The fourth-order valence-electron chi connectivity index (χ4n) is 12.9. The summed E-state index contributed by atoms with van der Waals surface area (Å²) in [6, 6.07) is -7.86. The molecular formula is C81H159Cl3N10O13S. The lowest BCUT2D eigenvalue weighted by atomic mass is 10.0. The number of amides is 6. The van der Waals surface area contributed by atoms with Gasteiger partial charge < -0.3 is 74.5 Å². The fraction of sp³-hybridized carbons (Fsp3) is 0.889. The van der Waals surface area contributed by atoms with Crippen LogP contribution in [0.5, 0.6) is 0 Å². The minimum absolute atomic E-state index is 0. The van der Waals surface area contributed by atoms with Crippen LogP contribution < -0.4 is 54.8 Å². The molecular weight excluding hydrogens is 1460 g/mol. The van der Waals surface area contributed by atoms with Gasteiger partial charge in [-0.2, -0.15) is 11.8 Å². The second kappa shape index (κ2) is 81.3. The van der Waals surface area contributed by atoms with Crippen LogP contribution in [0.25, 0.3) is 0 Å². The minimum Gasteiger partial charge on any atom is -0.480 e. The summed E-state index contributed by atoms with van der Waals surface area (Å²) >= 11 is 1.20. The van der Waals surface area contributed by atoms with E-state index in [0.29, 0.717) is 83.7 Å². The topological polar surface area (TPSA) is 389 Å². The first kappa shape index (κ1) is 111. The Morgan fingerprint density at radius 2 is 0.583 bits per heavy atom. The molecule has 0 aromatic heterocycles. The van der Waals surface area contributed by atoms with Gasteiger partial charge in [0.1, 0.15) is 49.0 Å². The Kier molecular flexibility index (Phi) is 83.2. The van der Waals surface area contributed by atoms with Gasteiger partial charge in [0.2, 0.25) is 35.4 Å². The van der Waals surface area contributed by atoms with E-state index in [2.05, 4.69) is 52.7 Å². The van der Waals surface area contributed by atoms with E-state index in [1.54, 1.807) is 0 Å². The predicted octanol–water partition coefficient (Wildman–Crippen LogP) is 14.4. The molecule has 0 radical (unpaired) electrons. The van der Waals surface area contributed by atoms with Crippen LogP contribution in [-0.2, 0) is 52.6 Å². The van der Waals surface area contributed by atoms with E-state index in [-0.39, 0.29) is 119 Å². The molecule has 16 N–H and O–H groups in total. The lowest BCUT2D eigenvalue weighted by Gasteiger charge is -2.27. The van der Waals surface area contributed by atoms with Crippen LogP contribution in [0.3, 0.4) is 0 Å². The predicted molar refractivity (Wildman–Crippen MR) is 449 cm³/mol. The van der Waals surface area contributed by atoms with Crippen LogP contribution in [0.1, 0.15) is 367 Å². The van der Waals surface area contributed by atoms with Crippen LogP contribution in [0.4, 0.5) is 0 Å². The lowest BCUT2D eigenvalue weighted by molar-refractivity contribution is -0.157. The van der Waals surface area contributed by atoms with Crippen LogP contribution in [0, 0.1) is 0 Å². The molecule has 27 heteroatoms. The van der Waals surface area contributed by atoms with Gasteiger partial charge in [-0.3, -0.25) is 38.4 Å². The summed E-state index contributed by atoms with van der Waals surface area (Å²) in [6.45, 7) is 6.81. The van der Waals surface area contributed by atoms with Crippen molar-refractivity contribution in [2.24, 2.45) is 22.9 Å². The minimum atomic E-state index is -1.62. The molecule has 0 spiro atoms. The Labute approximate surface area is 676 Å². The number of carboxylic acids is 1. The number of unbranched alkanes of at least 4 members (excludes halogenated alkanes) is 40. The number of esters is 2. The Balaban J connectivity index is -0.0000180. The number of thioether (sulfide) groups is 1. The average Bonchev–Trinajstić information content (AvgIpc) is 0.862. The number of aliphatic hydroxyl groups is 1. The van der Waals surface area contributed by atoms with Crippen LogP contribution in [0.15, 0.2) is 0 Å². The van der Waals surface area contributed by atoms with E-state index in [9.17, 15) is 53.4 Å². The van der Waals surface area contributed by atoms with Gasteiger partial charge in [0.05, 0.1) is 6.61 Å². The Bertz CT molecular complexity index is 2190. The van der Waals surface area contributed by atoms with E-state index in [1.165, 1.54) is 179 Å². The molecule has 0 aliphatic heterocycles. The van der Waals surface area contributed by atoms with Crippen molar-refractivity contribution in [3.05, 3.63) is 0 Å². The first-order valence-corrected chi connectivity index (χ1v) is 43.6. The van der Waals surface area contributed by atoms with Crippen LogP contribution in [0.2, 0.25) is 0 Å². The molecule has 0 aliphatic rings. The number of carbonyl (C=O) groups is 9. The largest absolute Gasteiger partial charge is 0.480 e. The van der Waals surface area contributed by atoms with Gasteiger partial charge in [-0.05, 0) is 122 Å². The smallest absolute Gasteiger partial charge is 0.326 e. The normalized spacial score (nSPS) is 13.0. The molecule has 6 amide bonds. The van der Waals surface area contributed by atoms with E-state index in [1.807, 2.05) is 0 Å². The van der Waals surface area contributed by atoms with Crippen molar-refractivity contribution in [2.45, 2.75) is 410 Å². The molecule has 0 saturated carbocycles. The zero-order valence-electron chi connectivity index (χ0n) is 67.7. The van der Waals surface area contributed by atoms with Crippen molar-refractivity contribution < 1.29 is 62.8 Å². The van der Waals surface area contributed by atoms with Crippen molar-refractivity contribution in [3.63, 3.8) is 0 Å². The zero-order chi connectivity index (χ0) is 77.4. The number of halogens is 3. The molecule has 0 saturated heterocycles. The number of ether oxygens (including phenoxy) is 2. The van der Waals surface area contributed by atoms with Gasteiger partial charge >= 0.3 is 17.9 Å². The third-order valence-corrected chi connectivity index (χ3v) is 20.7. The van der Waals surface area contributed by atoms with Crippen molar-refractivity contribution >= 4 is 102 Å². The molecule has 7 atom stereocenters. The summed E-state index contributed by atoms with van der Waals surface area (Å²) in [4.78, 5) is 124. The Hall–Kier alpha value is -3.75. The average molecular weight is 1620 g/mol. The summed E-state index contributed by atoms with van der Waals surface area (Å²) in [7, 11) is 0. The van der Waals surface area contributed by atoms with Crippen molar-refractivity contribution in [1.82, 2.24) is 31.9 Å². The monoisotopic (exact) mass is 1620 g/mol. The number of hydrogen-bond donors (Lipinski definition) is 12. The molecule has 0 rings (SSSR count).